The van der Waals surface area contributed by atoms with Gasteiger partial charge in [0.2, 0.25) is 0 Å². The zero-order chi connectivity index (χ0) is 9.47. The molecule has 0 spiro atoms. The van der Waals surface area contributed by atoms with Crippen molar-refractivity contribution in [2.75, 3.05) is 0 Å². The molecule has 2 rings (SSSR count). The molecule has 2 aromatic rings. The molecule has 0 atom stereocenters. The van der Waals surface area contributed by atoms with Crippen LogP contribution in [0.1, 0.15) is 27.8 Å². The molecule has 0 saturated carbocycles. The Labute approximate surface area is 79.5 Å². The highest BCUT2D eigenvalue weighted by molar-refractivity contribution is 5.78. The number of H-pyrrole nitrogens is 1. The summed E-state index contributed by atoms with van der Waals surface area (Å²) in [6.45, 7) is 6.64. The van der Waals surface area contributed by atoms with E-state index in [0.717, 1.165) is 5.52 Å². The van der Waals surface area contributed by atoms with Crippen LogP contribution in [-0.4, -0.2) is 10.2 Å². The van der Waals surface area contributed by atoms with Gasteiger partial charge in [-0.2, -0.15) is 5.10 Å². The highest BCUT2D eigenvalue weighted by atomic mass is 15.1. The maximum Gasteiger partial charge on any atom is 0.0653 e. The van der Waals surface area contributed by atoms with Crippen molar-refractivity contribution >= 4 is 10.9 Å². The average molecular weight is 176 g/mol. The van der Waals surface area contributed by atoms with Crippen LogP contribution < -0.4 is 0 Å². The SMILES string of the molecule is CC(C)(C)c1ccc2cn[nH]c2c1.[HH]. The zero-order valence-electron chi connectivity index (χ0n) is 8.26. The van der Waals surface area contributed by atoms with Gasteiger partial charge in [-0.1, -0.05) is 32.9 Å². The first kappa shape index (κ1) is 8.30. The molecule has 0 amide bonds. The number of benzene rings is 1. The van der Waals surface area contributed by atoms with Gasteiger partial charge in [-0.05, 0) is 17.0 Å². The Morgan fingerprint density at radius 3 is 2.77 bits per heavy atom. The van der Waals surface area contributed by atoms with E-state index >= 15 is 0 Å². The van der Waals surface area contributed by atoms with E-state index in [9.17, 15) is 0 Å². The topological polar surface area (TPSA) is 28.7 Å². The minimum atomic E-state index is 0. The second kappa shape index (κ2) is 2.59. The fourth-order valence-corrected chi connectivity index (χ4v) is 1.40. The van der Waals surface area contributed by atoms with E-state index < -0.39 is 0 Å². The lowest BCUT2D eigenvalue weighted by molar-refractivity contribution is 0.591. The minimum Gasteiger partial charge on any atom is -0.278 e. The molecule has 0 bridgehead atoms. The summed E-state index contributed by atoms with van der Waals surface area (Å²) in [5.74, 6) is 0. The number of hydrogen-bond donors (Lipinski definition) is 1. The highest BCUT2D eigenvalue weighted by Crippen LogP contribution is 2.24. The summed E-state index contributed by atoms with van der Waals surface area (Å²) in [6.07, 6.45) is 1.85. The first-order chi connectivity index (χ1) is 6.07. The van der Waals surface area contributed by atoms with Gasteiger partial charge in [0.1, 0.15) is 0 Å². The molecule has 70 valence electrons. The largest absolute Gasteiger partial charge is 0.278 e. The van der Waals surface area contributed by atoms with Crippen molar-refractivity contribution in [2.24, 2.45) is 0 Å². The lowest BCUT2D eigenvalue weighted by Crippen LogP contribution is -2.10. The smallest absolute Gasteiger partial charge is 0.0653 e. The van der Waals surface area contributed by atoms with Crippen LogP contribution in [0.5, 0.6) is 0 Å². The van der Waals surface area contributed by atoms with Crippen LogP contribution in [0.3, 0.4) is 0 Å². The van der Waals surface area contributed by atoms with E-state index in [1.54, 1.807) is 0 Å². The second-order valence-corrected chi connectivity index (χ2v) is 4.42. The van der Waals surface area contributed by atoms with E-state index in [4.69, 9.17) is 0 Å². The van der Waals surface area contributed by atoms with Crippen molar-refractivity contribution < 1.29 is 1.43 Å². The number of rotatable bonds is 0. The van der Waals surface area contributed by atoms with Crippen molar-refractivity contribution in [2.45, 2.75) is 26.2 Å². The Kier molecular flexibility index (Phi) is 1.65. The van der Waals surface area contributed by atoms with Gasteiger partial charge in [0, 0.05) is 6.81 Å². The standard InChI is InChI=1S/C11H14N2.H2/c1-11(2,3)9-5-4-8-7-12-13-10(8)6-9;/h4-7H,1-3H3,(H,12,13);1H. The van der Waals surface area contributed by atoms with Gasteiger partial charge in [-0.3, -0.25) is 5.10 Å². The van der Waals surface area contributed by atoms with Crippen LogP contribution in [0.25, 0.3) is 10.9 Å². The molecule has 1 aromatic heterocycles. The minimum absolute atomic E-state index is 0. The number of nitrogens with zero attached hydrogens (tertiary/aromatic N) is 1. The molecule has 0 saturated heterocycles. The fraction of sp³-hybridized carbons (Fsp3) is 0.364. The maximum absolute atomic E-state index is 4.00. The molecule has 0 radical (unpaired) electrons. The summed E-state index contributed by atoms with van der Waals surface area (Å²) in [5, 5.41) is 8.16. The fourth-order valence-electron chi connectivity index (χ4n) is 1.40. The Bertz CT molecular complexity index is 426. The van der Waals surface area contributed by atoms with Gasteiger partial charge in [0.05, 0.1) is 11.7 Å². The Morgan fingerprint density at radius 1 is 1.31 bits per heavy atom. The van der Waals surface area contributed by atoms with Crippen molar-refractivity contribution in [3.63, 3.8) is 0 Å². The molecular weight excluding hydrogens is 160 g/mol. The first-order valence-electron chi connectivity index (χ1n) is 4.51. The summed E-state index contributed by atoms with van der Waals surface area (Å²) in [6, 6.07) is 6.44. The van der Waals surface area contributed by atoms with Crippen LogP contribution in [-0.2, 0) is 5.41 Å². The Hall–Kier alpha value is -1.31. The summed E-state index contributed by atoms with van der Waals surface area (Å²) in [7, 11) is 0. The number of aromatic amines is 1. The average Bonchev–Trinajstić information content (AvgIpc) is 2.47. The maximum atomic E-state index is 4.00. The molecule has 0 unspecified atom stereocenters. The molecular formula is C11H16N2. The normalized spacial score (nSPS) is 12.2. The van der Waals surface area contributed by atoms with E-state index in [-0.39, 0.29) is 6.84 Å². The quantitative estimate of drug-likeness (QED) is 0.656. The van der Waals surface area contributed by atoms with Crippen LogP contribution >= 0.6 is 0 Å². The molecule has 0 aliphatic heterocycles. The molecule has 1 heterocycles. The predicted octanol–water partition coefficient (Wildman–Crippen LogP) is 3.11. The van der Waals surface area contributed by atoms with Crippen LogP contribution in [0.2, 0.25) is 0 Å². The lowest BCUT2D eigenvalue weighted by Gasteiger charge is -2.18. The number of aromatic nitrogens is 2. The van der Waals surface area contributed by atoms with Crippen molar-refractivity contribution in [1.82, 2.24) is 10.2 Å². The van der Waals surface area contributed by atoms with Crippen LogP contribution in [0.4, 0.5) is 0 Å². The third kappa shape index (κ3) is 1.44. The van der Waals surface area contributed by atoms with E-state index in [2.05, 4.69) is 49.2 Å². The summed E-state index contributed by atoms with van der Waals surface area (Å²) in [5.41, 5.74) is 2.66. The van der Waals surface area contributed by atoms with Gasteiger partial charge in [-0.15, -0.1) is 0 Å². The summed E-state index contributed by atoms with van der Waals surface area (Å²) in [4.78, 5) is 0. The van der Waals surface area contributed by atoms with Crippen LogP contribution in [0, 0.1) is 0 Å². The predicted molar refractivity (Wildman–Crippen MR) is 56.9 cm³/mol. The Balaban J connectivity index is 0.000000980. The molecule has 1 aromatic carbocycles. The van der Waals surface area contributed by atoms with E-state index in [1.165, 1.54) is 10.9 Å². The lowest BCUT2D eigenvalue weighted by atomic mass is 9.87. The summed E-state index contributed by atoms with van der Waals surface area (Å²) >= 11 is 0. The monoisotopic (exact) mass is 176 g/mol. The molecule has 2 heteroatoms. The van der Waals surface area contributed by atoms with Crippen molar-refractivity contribution in [3.05, 3.63) is 30.0 Å². The van der Waals surface area contributed by atoms with Crippen molar-refractivity contribution in [1.29, 1.82) is 0 Å². The molecule has 13 heavy (non-hydrogen) atoms. The molecule has 0 aliphatic rings. The van der Waals surface area contributed by atoms with E-state index in [0.29, 0.717) is 0 Å². The van der Waals surface area contributed by atoms with Gasteiger partial charge in [-0.25, -0.2) is 0 Å². The third-order valence-corrected chi connectivity index (χ3v) is 2.31. The second-order valence-electron chi connectivity index (χ2n) is 4.42. The van der Waals surface area contributed by atoms with Gasteiger partial charge in [0.25, 0.3) is 0 Å². The van der Waals surface area contributed by atoms with Gasteiger partial charge < -0.3 is 0 Å². The Morgan fingerprint density at radius 2 is 2.08 bits per heavy atom. The molecule has 0 aliphatic carbocycles. The molecule has 2 nitrogen and oxygen atoms in total. The zero-order valence-corrected chi connectivity index (χ0v) is 8.26. The van der Waals surface area contributed by atoms with E-state index in [1.807, 2.05) is 6.20 Å². The van der Waals surface area contributed by atoms with Crippen molar-refractivity contribution in [3.8, 4) is 0 Å². The van der Waals surface area contributed by atoms with Gasteiger partial charge >= 0.3 is 0 Å². The highest BCUT2D eigenvalue weighted by Gasteiger charge is 2.13. The third-order valence-electron chi connectivity index (χ3n) is 2.31. The number of fused-ring (bicyclic) bond motifs is 1. The molecule has 0 fully saturated rings. The summed E-state index contributed by atoms with van der Waals surface area (Å²) < 4.78 is 0. The first-order valence-corrected chi connectivity index (χ1v) is 4.51. The number of hydrogen-bond acceptors (Lipinski definition) is 1. The molecule has 1 N–H and O–H groups in total. The van der Waals surface area contributed by atoms with Crippen LogP contribution in [0.15, 0.2) is 24.4 Å². The van der Waals surface area contributed by atoms with Gasteiger partial charge in [0.15, 0.2) is 0 Å². The number of nitrogens with one attached hydrogen (secondary N) is 1.